The molecule has 5 heteroatoms. The fraction of sp³-hybridized carbons (Fsp3) is 0.650. The van der Waals surface area contributed by atoms with Gasteiger partial charge in [-0.25, -0.2) is 0 Å². The van der Waals surface area contributed by atoms with Crippen LogP contribution in [0.4, 0.5) is 5.69 Å². The topological polar surface area (TPSA) is 44.8 Å². The number of amides is 1. The summed E-state index contributed by atoms with van der Waals surface area (Å²) in [5.74, 6) is 0.242. The molecule has 1 saturated carbocycles. The van der Waals surface area contributed by atoms with E-state index in [0.717, 1.165) is 63.1 Å². The first kappa shape index (κ1) is 18.2. The third kappa shape index (κ3) is 5.19. The van der Waals surface area contributed by atoms with E-state index in [4.69, 9.17) is 4.74 Å². The molecule has 3 rings (SSSR count). The van der Waals surface area contributed by atoms with E-state index in [1.165, 1.54) is 0 Å². The lowest BCUT2D eigenvalue weighted by Crippen LogP contribution is -2.47. The van der Waals surface area contributed by atoms with Gasteiger partial charge in [0, 0.05) is 45.0 Å². The van der Waals surface area contributed by atoms with Gasteiger partial charge >= 0.3 is 0 Å². The van der Waals surface area contributed by atoms with E-state index in [0.29, 0.717) is 18.6 Å². The predicted octanol–water partition coefficient (Wildman–Crippen LogP) is 2.37. The van der Waals surface area contributed by atoms with Gasteiger partial charge in [0.25, 0.3) is 0 Å². The number of piperazine rings is 1. The Morgan fingerprint density at radius 2 is 1.88 bits per heavy atom. The maximum absolute atomic E-state index is 12.5. The third-order valence-corrected chi connectivity index (χ3v) is 5.52. The Morgan fingerprint density at radius 1 is 1.16 bits per heavy atom. The first-order valence-electron chi connectivity index (χ1n) is 9.48. The van der Waals surface area contributed by atoms with E-state index in [-0.39, 0.29) is 5.91 Å². The highest BCUT2D eigenvalue weighted by atomic mass is 16.5. The summed E-state index contributed by atoms with van der Waals surface area (Å²) in [6.07, 6.45) is 5.44. The SMILES string of the molecule is COC1CCC(Nc2cccc(CC(=O)N3CCN(C)CC3)c2)CC1. The summed E-state index contributed by atoms with van der Waals surface area (Å²) in [5, 5.41) is 3.64. The molecule has 138 valence electrons. The molecule has 0 spiro atoms. The number of anilines is 1. The Kier molecular flexibility index (Phi) is 6.32. The van der Waals surface area contributed by atoms with E-state index >= 15 is 0 Å². The standard InChI is InChI=1S/C20H31N3O2/c1-22-10-12-23(13-11-22)20(24)15-16-4-3-5-18(14-16)21-17-6-8-19(25-2)9-7-17/h3-5,14,17,19,21H,6-13,15H2,1-2H3. The van der Waals surface area contributed by atoms with Crippen LogP contribution in [0.3, 0.4) is 0 Å². The first-order chi connectivity index (χ1) is 12.1. The molecule has 0 radical (unpaired) electrons. The van der Waals surface area contributed by atoms with Gasteiger partial charge < -0.3 is 19.9 Å². The minimum absolute atomic E-state index is 0.242. The Morgan fingerprint density at radius 3 is 2.56 bits per heavy atom. The predicted molar refractivity (Wildman–Crippen MR) is 101 cm³/mol. The van der Waals surface area contributed by atoms with Crippen LogP contribution in [-0.4, -0.2) is 68.2 Å². The van der Waals surface area contributed by atoms with Gasteiger partial charge in [-0.1, -0.05) is 12.1 Å². The van der Waals surface area contributed by atoms with Crippen molar-refractivity contribution < 1.29 is 9.53 Å². The second-order valence-corrected chi connectivity index (χ2v) is 7.41. The van der Waals surface area contributed by atoms with Crippen molar-refractivity contribution in [2.24, 2.45) is 0 Å². The highest BCUT2D eigenvalue weighted by Crippen LogP contribution is 2.24. The lowest BCUT2D eigenvalue weighted by Gasteiger charge is -2.32. The average Bonchev–Trinajstić information content (AvgIpc) is 2.63. The normalized spacial score (nSPS) is 25.0. The van der Waals surface area contributed by atoms with E-state index < -0.39 is 0 Å². The largest absolute Gasteiger partial charge is 0.382 e. The zero-order valence-corrected chi connectivity index (χ0v) is 15.5. The highest BCUT2D eigenvalue weighted by molar-refractivity contribution is 5.79. The zero-order chi connectivity index (χ0) is 17.6. The van der Waals surface area contributed by atoms with Crippen molar-refractivity contribution in [3.05, 3.63) is 29.8 Å². The van der Waals surface area contributed by atoms with Crippen molar-refractivity contribution in [1.29, 1.82) is 0 Å². The summed E-state index contributed by atoms with van der Waals surface area (Å²) < 4.78 is 5.44. The summed E-state index contributed by atoms with van der Waals surface area (Å²) in [6.45, 7) is 3.63. The van der Waals surface area contributed by atoms with Crippen LogP contribution in [0.5, 0.6) is 0 Å². The first-order valence-corrected chi connectivity index (χ1v) is 9.48. The monoisotopic (exact) mass is 345 g/mol. The summed E-state index contributed by atoms with van der Waals surface area (Å²) >= 11 is 0. The molecule has 0 bridgehead atoms. The third-order valence-electron chi connectivity index (χ3n) is 5.52. The number of ether oxygens (including phenoxy) is 1. The minimum Gasteiger partial charge on any atom is -0.382 e. The van der Waals surface area contributed by atoms with Crippen LogP contribution in [0.25, 0.3) is 0 Å². The van der Waals surface area contributed by atoms with Crippen LogP contribution >= 0.6 is 0 Å². The molecule has 1 N–H and O–H groups in total. The van der Waals surface area contributed by atoms with Gasteiger partial charge in [-0.05, 0) is 50.4 Å². The van der Waals surface area contributed by atoms with Crippen LogP contribution in [0, 0.1) is 0 Å². The number of carbonyl (C=O) groups is 1. The Labute approximate surface area is 151 Å². The number of nitrogens with zero attached hydrogens (tertiary/aromatic N) is 2. The van der Waals surface area contributed by atoms with Gasteiger partial charge in [0.1, 0.15) is 0 Å². The molecule has 1 aliphatic carbocycles. The van der Waals surface area contributed by atoms with Gasteiger partial charge in [0.05, 0.1) is 12.5 Å². The van der Waals surface area contributed by atoms with Crippen molar-refractivity contribution >= 4 is 11.6 Å². The maximum Gasteiger partial charge on any atom is 0.227 e. The number of hydrogen-bond acceptors (Lipinski definition) is 4. The second kappa shape index (κ2) is 8.68. The molecular formula is C20H31N3O2. The van der Waals surface area contributed by atoms with E-state index in [1.54, 1.807) is 7.11 Å². The summed E-state index contributed by atoms with van der Waals surface area (Å²) in [7, 11) is 3.91. The number of rotatable bonds is 5. The molecule has 2 aliphatic rings. The van der Waals surface area contributed by atoms with Gasteiger partial charge in [0.15, 0.2) is 0 Å². The Balaban J connectivity index is 1.52. The van der Waals surface area contributed by atoms with Crippen LogP contribution in [0.2, 0.25) is 0 Å². The fourth-order valence-corrected chi connectivity index (χ4v) is 3.79. The molecule has 0 atom stereocenters. The maximum atomic E-state index is 12.5. The number of carbonyl (C=O) groups excluding carboxylic acids is 1. The molecule has 0 unspecified atom stereocenters. The van der Waals surface area contributed by atoms with E-state index in [1.807, 2.05) is 4.90 Å². The van der Waals surface area contributed by atoms with Gasteiger partial charge in [-0.2, -0.15) is 0 Å². The fourth-order valence-electron chi connectivity index (χ4n) is 3.79. The number of likely N-dealkylation sites (N-methyl/N-ethyl adjacent to an activating group) is 1. The van der Waals surface area contributed by atoms with Crippen LogP contribution in [0.1, 0.15) is 31.2 Å². The molecule has 5 nitrogen and oxygen atoms in total. The lowest BCUT2D eigenvalue weighted by molar-refractivity contribution is -0.132. The van der Waals surface area contributed by atoms with Gasteiger partial charge in [-0.15, -0.1) is 0 Å². The zero-order valence-electron chi connectivity index (χ0n) is 15.5. The van der Waals surface area contributed by atoms with Crippen LogP contribution < -0.4 is 5.32 Å². The Hall–Kier alpha value is -1.59. The number of hydrogen-bond donors (Lipinski definition) is 1. The van der Waals surface area contributed by atoms with E-state index in [2.05, 4.69) is 41.5 Å². The molecule has 1 aliphatic heterocycles. The van der Waals surface area contributed by atoms with Crippen LogP contribution in [0.15, 0.2) is 24.3 Å². The van der Waals surface area contributed by atoms with Crippen molar-refractivity contribution in [2.45, 2.75) is 44.2 Å². The van der Waals surface area contributed by atoms with Crippen molar-refractivity contribution in [2.75, 3.05) is 45.7 Å². The van der Waals surface area contributed by atoms with Crippen molar-refractivity contribution in [3.8, 4) is 0 Å². The number of methoxy groups -OCH3 is 1. The molecule has 2 fully saturated rings. The van der Waals surface area contributed by atoms with Crippen molar-refractivity contribution in [1.82, 2.24) is 9.80 Å². The molecule has 1 aromatic rings. The smallest absolute Gasteiger partial charge is 0.227 e. The molecule has 1 saturated heterocycles. The molecule has 25 heavy (non-hydrogen) atoms. The van der Waals surface area contributed by atoms with Crippen molar-refractivity contribution in [3.63, 3.8) is 0 Å². The van der Waals surface area contributed by atoms with Gasteiger partial charge in [-0.3, -0.25) is 4.79 Å². The van der Waals surface area contributed by atoms with Gasteiger partial charge in [0.2, 0.25) is 5.91 Å². The summed E-state index contributed by atoms with van der Waals surface area (Å²) in [6, 6.07) is 8.86. The molecule has 1 heterocycles. The number of benzene rings is 1. The minimum atomic E-state index is 0.242. The summed E-state index contributed by atoms with van der Waals surface area (Å²) in [5.41, 5.74) is 2.23. The molecule has 1 aromatic carbocycles. The molecule has 0 aromatic heterocycles. The molecular weight excluding hydrogens is 314 g/mol. The quantitative estimate of drug-likeness (QED) is 0.890. The second-order valence-electron chi connectivity index (χ2n) is 7.41. The highest BCUT2D eigenvalue weighted by Gasteiger charge is 2.21. The summed E-state index contributed by atoms with van der Waals surface area (Å²) in [4.78, 5) is 16.8. The molecule has 1 amide bonds. The van der Waals surface area contributed by atoms with Crippen LogP contribution in [-0.2, 0) is 16.0 Å². The van der Waals surface area contributed by atoms with E-state index in [9.17, 15) is 4.79 Å². The average molecular weight is 345 g/mol. The lowest BCUT2D eigenvalue weighted by atomic mass is 9.92. The Bertz CT molecular complexity index is 562. The number of nitrogens with one attached hydrogen (secondary N) is 1.